The molecule has 176 valence electrons. The minimum absolute atomic E-state index is 0. The Kier molecular flexibility index (Phi) is 25.2. The van der Waals surface area contributed by atoms with Crippen LogP contribution in [0.3, 0.4) is 0 Å². The van der Waals surface area contributed by atoms with Crippen molar-refractivity contribution in [2.24, 2.45) is 0 Å². The van der Waals surface area contributed by atoms with Crippen LogP contribution in [-0.4, -0.2) is 47.2 Å². The van der Waals surface area contributed by atoms with E-state index >= 15 is 0 Å². The van der Waals surface area contributed by atoms with Gasteiger partial charge in [-0.15, -0.1) is 0 Å². The smallest absolute Gasteiger partial charge is 0.106 e. The maximum absolute atomic E-state index is 9.57. The number of aliphatic hydroxyl groups excluding tert-OH is 2. The average molecular weight is 419 g/mol. The maximum Gasteiger partial charge on any atom is 0.106 e. The van der Waals surface area contributed by atoms with Gasteiger partial charge in [-0.2, -0.15) is 0 Å². The molecule has 0 bridgehead atoms. The monoisotopic (exact) mass is 418 g/mol. The van der Waals surface area contributed by atoms with Crippen molar-refractivity contribution in [2.45, 2.75) is 123 Å². The van der Waals surface area contributed by atoms with Gasteiger partial charge in [0.2, 0.25) is 0 Å². The molecule has 0 spiro atoms. The van der Waals surface area contributed by atoms with E-state index in [2.05, 4.69) is 24.4 Å². The second kappa shape index (κ2) is 23.8. The van der Waals surface area contributed by atoms with Crippen LogP contribution in [0.2, 0.25) is 0 Å². The summed E-state index contributed by atoms with van der Waals surface area (Å²) in [4.78, 5) is 1.68. The number of hydrogen-bond acceptors (Lipinski definition) is 4. The SMILES string of the molecule is CCCCCCCC/C=C\CCCCCCCCNCCN(C(C)O)C(C)O.F. The highest BCUT2D eigenvalue weighted by Gasteiger charge is 2.14. The molecule has 0 heterocycles. The Balaban J connectivity index is 0. The fourth-order valence-corrected chi connectivity index (χ4v) is 3.52. The summed E-state index contributed by atoms with van der Waals surface area (Å²) in [7, 11) is 0. The summed E-state index contributed by atoms with van der Waals surface area (Å²) in [5.41, 5.74) is 0. The zero-order valence-corrected chi connectivity index (χ0v) is 19.6. The molecule has 29 heavy (non-hydrogen) atoms. The minimum Gasteiger partial charge on any atom is -0.379 e. The zero-order valence-electron chi connectivity index (χ0n) is 19.6. The number of hydrogen-bond donors (Lipinski definition) is 3. The standard InChI is InChI=1S/C24H50N2O2.FH/c1-4-5-6-7-8-9-10-11-12-13-14-15-16-17-18-19-20-25-21-22-26(23(2)27)24(3)28;/h11-12,23-25,27-28H,4-10,13-22H2,1-3H3;1H/b12-11-;. The molecular formula is C24H51FN2O2. The first-order valence-electron chi connectivity index (χ1n) is 12.1. The van der Waals surface area contributed by atoms with E-state index < -0.39 is 12.5 Å². The Morgan fingerprint density at radius 2 is 1.14 bits per heavy atom. The molecule has 0 aliphatic heterocycles. The number of unbranched alkanes of at least 4 members (excludes halogenated alkanes) is 12. The lowest BCUT2D eigenvalue weighted by atomic mass is 10.1. The molecule has 3 N–H and O–H groups in total. The van der Waals surface area contributed by atoms with E-state index in [1.54, 1.807) is 18.7 Å². The predicted octanol–water partition coefficient (Wildman–Crippen LogP) is 5.74. The Morgan fingerprint density at radius 1 is 0.690 bits per heavy atom. The summed E-state index contributed by atoms with van der Waals surface area (Å²) in [6.07, 6.45) is 22.3. The van der Waals surface area contributed by atoms with Gasteiger partial charge in [-0.25, -0.2) is 0 Å². The number of rotatable bonds is 21. The average Bonchev–Trinajstić information content (AvgIpc) is 2.65. The Labute approximate surface area is 180 Å². The third kappa shape index (κ3) is 22.0. The van der Waals surface area contributed by atoms with Crippen LogP contribution in [0, 0.1) is 0 Å². The number of nitrogens with one attached hydrogen (secondary N) is 1. The van der Waals surface area contributed by atoms with Crippen molar-refractivity contribution in [3.63, 3.8) is 0 Å². The lowest BCUT2D eigenvalue weighted by Crippen LogP contribution is -2.43. The second-order valence-electron chi connectivity index (χ2n) is 8.19. The number of nitrogens with zero attached hydrogens (tertiary/aromatic N) is 1. The fourth-order valence-electron chi connectivity index (χ4n) is 3.52. The van der Waals surface area contributed by atoms with Crippen LogP contribution in [0.15, 0.2) is 12.2 Å². The van der Waals surface area contributed by atoms with Crippen molar-refractivity contribution in [3.8, 4) is 0 Å². The molecule has 0 saturated carbocycles. The van der Waals surface area contributed by atoms with Crippen molar-refractivity contribution in [1.82, 2.24) is 10.2 Å². The lowest BCUT2D eigenvalue weighted by molar-refractivity contribution is -0.0828. The van der Waals surface area contributed by atoms with Gasteiger partial charge in [-0.3, -0.25) is 9.60 Å². The fraction of sp³-hybridized carbons (Fsp3) is 0.917. The van der Waals surface area contributed by atoms with Crippen molar-refractivity contribution in [3.05, 3.63) is 12.2 Å². The predicted molar refractivity (Wildman–Crippen MR) is 125 cm³/mol. The Hall–Kier alpha value is -0.490. The molecule has 0 fully saturated rings. The first-order valence-corrected chi connectivity index (χ1v) is 12.1. The summed E-state index contributed by atoms with van der Waals surface area (Å²) in [5, 5.41) is 22.5. The molecule has 0 aromatic rings. The lowest BCUT2D eigenvalue weighted by Gasteiger charge is -2.28. The molecular weight excluding hydrogens is 367 g/mol. The van der Waals surface area contributed by atoms with Gasteiger partial charge in [-0.1, -0.05) is 76.9 Å². The summed E-state index contributed by atoms with van der Waals surface area (Å²) in [6.45, 7) is 8.16. The van der Waals surface area contributed by atoms with Gasteiger partial charge in [0, 0.05) is 13.1 Å². The van der Waals surface area contributed by atoms with E-state index in [1.165, 1.54) is 89.9 Å². The highest BCUT2D eigenvalue weighted by atomic mass is 19.0. The van der Waals surface area contributed by atoms with Crippen molar-refractivity contribution in [2.75, 3.05) is 19.6 Å². The Morgan fingerprint density at radius 3 is 1.62 bits per heavy atom. The largest absolute Gasteiger partial charge is 0.379 e. The first-order chi connectivity index (χ1) is 13.6. The molecule has 2 unspecified atom stereocenters. The highest BCUT2D eigenvalue weighted by molar-refractivity contribution is 4.81. The third-order valence-electron chi connectivity index (χ3n) is 5.37. The van der Waals surface area contributed by atoms with Gasteiger partial charge in [0.15, 0.2) is 0 Å². The van der Waals surface area contributed by atoms with Crippen molar-refractivity contribution < 1.29 is 14.9 Å². The van der Waals surface area contributed by atoms with E-state index in [9.17, 15) is 10.2 Å². The van der Waals surface area contributed by atoms with E-state index in [0.29, 0.717) is 6.54 Å². The van der Waals surface area contributed by atoms with Crippen LogP contribution in [-0.2, 0) is 0 Å². The van der Waals surface area contributed by atoms with Crippen LogP contribution in [0.5, 0.6) is 0 Å². The molecule has 0 aromatic carbocycles. The molecule has 0 saturated heterocycles. The minimum atomic E-state index is -0.604. The van der Waals surface area contributed by atoms with Crippen molar-refractivity contribution >= 4 is 0 Å². The molecule has 0 amide bonds. The normalized spacial score (nSPS) is 13.7. The zero-order chi connectivity index (χ0) is 20.9. The van der Waals surface area contributed by atoms with E-state index in [4.69, 9.17) is 0 Å². The van der Waals surface area contributed by atoms with Gasteiger partial charge < -0.3 is 15.5 Å². The molecule has 0 radical (unpaired) electrons. The second-order valence-corrected chi connectivity index (χ2v) is 8.19. The van der Waals surface area contributed by atoms with Crippen LogP contribution in [0.25, 0.3) is 0 Å². The van der Waals surface area contributed by atoms with Gasteiger partial charge in [0.05, 0.1) is 0 Å². The van der Waals surface area contributed by atoms with Crippen molar-refractivity contribution in [1.29, 1.82) is 0 Å². The van der Waals surface area contributed by atoms with Gasteiger partial charge in [0.25, 0.3) is 0 Å². The molecule has 4 nitrogen and oxygen atoms in total. The maximum atomic E-state index is 9.57. The van der Waals surface area contributed by atoms with Gasteiger partial charge in [0.1, 0.15) is 12.5 Å². The summed E-state index contributed by atoms with van der Waals surface area (Å²) in [5.74, 6) is 0. The Bertz CT molecular complexity index is 331. The third-order valence-corrected chi connectivity index (χ3v) is 5.37. The molecule has 2 atom stereocenters. The van der Waals surface area contributed by atoms with Crippen LogP contribution in [0.1, 0.15) is 111 Å². The topological polar surface area (TPSA) is 55.7 Å². The number of halogens is 1. The molecule has 0 aliphatic carbocycles. The van der Waals surface area contributed by atoms with E-state index in [0.717, 1.165) is 13.1 Å². The van der Waals surface area contributed by atoms with Crippen LogP contribution >= 0.6 is 0 Å². The molecule has 0 aromatic heterocycles. The van der Waals surface area contributed by atoms with Crippen LogP contribution < -0.4 is 5.32 Å². The molecule has 5 heteroatoms. The summed E-state index contributed by atoms with van der Waals surface area (Å²) in [6, 6.07) is 0. The van der Waals surface area contributed by atoms with Gasteiger partial charge in [-0.05, 0) is 52.5 Å². The number of allylic oxidation sites excluding steroid dienone is 2. The summed E-state index contributed by atoms with van der Waals surface area (Å²) >= 11 is 0. The van der Waals surface area contributed by atoms with Gasteiger partial charge >= 0.3 is 0 Å². The van der Waals surface area contributed by atoms with E-state index in [1.807, 2.05) is 0 Å². The van der Waals surface area contributed by atoms with E-state index in [-0.39, 0.29) is 4.70 Å². The number of aliphatic hydroxyl groups is 2. The molecule has 0 rings (SSSR count). The van der Waals surface area contributed by atoms with Crippen LogP contribution in [0.4, 0.5) is 4.70 Å². The first kappa shape index (κ1) is 30.7. The molecule has 0 aliphatic rings. The summed E-state index contributed by atoms with van der Waals surface area (Å²) < 4.78 is 0. The highest BCUT2D eigenvalue weighted by Crippen LogP contribution is 2.09. The quantitative estimate of drug-likeness (QED) is 0.126.